The van der Waals surface area contributed by atoms with Crippen molar-refractivity contribution in [3.63, 3.8) is 0 Å². The number of hydrogen-bond donors (Lipinski definition) is 0. The summed E-state index contributed by atoms with van der Waals surface area (Å²) in [5, 5.41) is 25.2. The van der Waals surface area contributed by atoms with Gasteiger partial charge in [0.2, 0.25) is 0 Å². The molecule has 606 valence electrons. The Balaban J connectivity index is 0.000000103. The third kappa shape index (κ3) is 11.5. The van der Waals surface area contributed by atoms with E-state index in [-0.39, 0.29) is 0 Å². The van der Waals surface area contributed by atoms with Gasteiger partial charge in [0.25, 0.3) is 0 Å². The number of para-hydroxylation sites is 8. The molecule has 6 heterocycles. The van der Waals surface area contributed by atoms with Crippen molar-refractivity contribution < 1.29 is 0 Å². The van der Waals surface area contributed by atoms with Crippen LogP contribution in [0.4, 0.5) is 0 Å². The van der Waals surface area contributed by atoms with Gasteiger partial charge in [-0.05, 0) is 188 Å². The fourth-order valence-electron chi connectivity index (χ4n) is 21.8. The fourth-order valence-corrected chi connectivity index (χ4v) is 21.8. The highest BCUT2D eigenvalue weighted by Crippen LogP contribution is 2.50. The van der Waals surface area contributed by atoms with E-state index in [0.29, 0.717) is 0 Å². The van der Waals surface area contributed by atoms with E-state index in [9.17, 15) is 0 Å². The van der Waals surface area contributed by atoms with Crippen LogP contribution < -0.4 is 0 Å². The number of benzene rings is 22. The average Bonchev–Trinajstić information content (AvgIpc) is 1.56. The van der Waals surface area contributed by atoms with Crippen LogP contribution in [0.5, 0.6) is 0 Å². The molecule has 0 radical (unpaired) electrons. The van der Waals surface area contributed by atoms with E-state index in [1.54, 1.807) is 0 Å². The van der Waals surface area contributed by atoms with Gasteiger partial charge >= 0.3 is 0 Å². The highest BCUT2D eigenvalue weighted by molar-refractivity contribution is 6.27. The predicted molar refractivity (Wildman–Crippen MR) is 552 cm³/mol. The van der Waals surface area contributed by atoms with Gasteiger partial charge in [0.05, 0.1) is 83.3 Å². The Bertz CT molecular complexity index is 9240. The third-order valence-corrected chi connectivity index (χ3v) is 27.1. The second kappa shape index (κ2) is 30.2. The van der Waals surface area contributed by atoms with Crippen molar-refractivity contribution in [2.45, 2.75) is 0 Å². The van der Waals surface area contributed by atoms with Crippen LogP contribution >= 0.6 is 0 Å². The van der Waals surface area contributed by atoms with Gasteiger partial charge in [-0.15, -0.1) is 0 Å². The van der Waals surface area contributed by atoms with Crippen LogP contribution in [0.25, 0.3) is 241 Å². The molecular formula is C124H80N6. The highest BCUT2D eigenvalue weighted by atomic mass is 15.0. The summed E-state index contributed by atoms with van der Waals surface area (Å²) in [6, 6.07) is 176. The van der Waals surface area contributed by atoms with E-state index < -0.39 is 0 Å². The van der Waals surface area contributed by atoms with Crippen LogP contribution in [0.15, 0.2) is 485 Å². The standard InChI is InChI=1S/C44H28N2.2C40H26N2/c1-3-17-31-29(13-1)15-9-25-37(31)45-39-23-7-5-19-35(39)43-33(21-11-27-41(43)45)34-22-12-28-42-44(34)36-20-6-8-24-40(36)46(42)38-26-10-16-30-14-2-4-18-32(30)38;1-2-15-28(16-3-1)41-35-22-8-6-18-32(35)39-30(20-11-25-37(39)41)31-21-12-26-38-40(31)33-19-7-9-23-36(33)42(38)34-24-10-14-27-13-4-5-17-29(27)34;1-2-14-29(15-3-1)41-35-20-8-6-16-33(35)39-31(18-10-22-37(39)41)32-19-11-23-38-40(32)34-17-7-9-21-36(34)42(38)30-25-24-27-12-4-5-13-28(27)26-30/h1-28H;2*1-26H. The number of fused-ring (bicyclic) bond motifs is 22. The van der Waals surface area contributed by atoms with Crippen LogP contribution in [0.1, 0.15) is 0 Å². The Morgan fingerprint density at radius 2 is 0.308 bits per heavy atom. The molecule has 22 aromatic carbocycles. The minimum atomic E-state index is 1.17. The summed E-state index contributed by atoms with van der Waals surface area (Å²) in [5.74, 6) is 0. The fraction of sp³-hybridized carbons (Fsp3) is 0. The minimum Gasteiger partial charge on any atom is -0.309 e. The molecule has 6 nitrogen and oxygen atoms in total. The first-order valence-corrected chi connectivity index (χ1v) is 44.8. The minimum absolute atomic E-state index is 1.17. The summed E-state index contributed by atoms with van der Waals surface area (Å²) < 4.78 is 14.6. The molecule has 0 unspecified atom stereocenters. The zero-order chi connectivity index (χ0) is 85.4. The lowest BCUT2D eigenvalue weighted by atomic mass is 9.95. The molecule has 130 heavy (non-hydrogen) atoms. The molecular weight excluding hydrogens is 1570 g/mol. The Morgan fingerprint density at radius 1 is 0.108 bits per heavy atom. The van der Waals surface area contributed by atoms with Gasteiger partial charge in [-0.2, -0.15) is 0 Å². The molecule has 0 N–H and O–H groups in total. The molecule has 0 aliphatic heterocycles. The molecule has 6 heteroatoms. The van der Waals surface area contributed by atoms with Crippen LogP contribution in [0, 0.1) is 0 Å². The van der Waals surface area contributed by atoms with Crippen molar-refractivity contribution in [2.75, 3.05) is 0 Å². The molecule has 0 bridgehead atoms. The first-order chi connectivity index (χ1) is 64.6. The van der Waals surface area contributed by atoms with Crippen molar-refractivity contribution in [3.8, 4) is 67.5 Å². The van der Waals surface area contributed by atoms with E-state index in [4.69, 9.17) is 0 Å². The monoisotopic (exact) mass is 1650 g/mol. The lowest BCUT2D eigenvalue weighted by molar-refractivity contribution is 1.18. The molecule has 0 fully saturated rings. The topological polar surface area (TPSA) is 29.6 Å². The number of hydrogen-bond acceptors (Lipinski definition) is 0. The largest absolute Gasteiger partial charge is 0.309 e. The Labute approximate surface area is 748 Å². The smallest absolute Gasteiger partial charge is 0.0547 e. The lowest BCUT2D eigenvalue weighted by Gasteiger charge is -2.13. The van der Waals surface area contributed by atoms with E-state index in [2.05, 4.69) is 513 Å². The number of aromatic nitrogens is 6. The zero-order valence-electron chi connectivity index (χ0n) is 70.9. The predicted octanol–water partition coefficient (Wildman–Crippen LogP) is 33.3. The summed E-state index contributed by atoms with van der Waals surface area (Å²) in [4.78, 5) is 0. The van der Waals surface area contributed by atoms with E-state index >= 15 is 0 Å². The molecule has 0 amide bonds. The Hall–Kier alpha value is -17.3. The molecule has 0 aliphatic carbocycles. The first-order valence-electron chi connectivity index (χ1n) is 44.8. The average molecular weight is 1650 g/mol. The van der Waals surface area contributed by atoms with Crippen LogP contribution in [0.3, 0.4) is 0 Å². The van der Waals surface area contributed by atoms with Crippen LogP contribution in [-0.4, -0.2) is 27.4 Å². The quantitative estimate of drug-likeness (QED) is 0.138. The van der Waals surface area contributed by atoms with Crippen molar-refractivity contribution in [1.82, 2.24) is 27.4 Å². The van der Waals surface area contributed by atoms with Gasteiger partial charge in [-0.1, -0.05) is 358 Å². The maximum absolute atomic E-state index is 2.45. The Kier molecular flexibility index (Phi) is 17.2. The zero-order valence-corrected chi connectivity index (χ0v) is 70.9. The summed E-state index contributed by atoms with van der Waals surface area (Å²) in [6.07, 6.45) is 0. The first kappa shape index (κ1) is 74.1. The van der Waals surface area contributed by atoms with Crippen molar-refractivity contribution in [3.05, 3.63) is 485 Å². The van der Waals surface area contributed by atoms with Gasteiger partial charge in [0.1, 0.15) is 0 Å². The molecule has 0 aliphatic rings. The lowest BCUT2D eigenvalue weighted by Crippen LogP contribution is -1.95. The molecule has 28 rings (SSSR count). The summed E-state index contributed by atoms with van der Waals surface area (Å²) in [5.41, 5.74) is 29.2. The molecule has 0 atom stereocenters. The highest BCUT2D eigenvalue weighted by Gasteiger charge is 2.27. The molecule has 6 aromatic heterocycles. The summed E-state index contributed by atoms with van der Waals surface area (Å²) in [6.45, 7) is 0. The van der Waals surface area contributed by atoms with Crippen molar-refractivity contribution in [1.29, 1.82) is 0 Å². The molecule has 0 spiro atoms. The van der Waals surface area contributed by atoms with Gasteiger partial charge in [0, 0.05) is 97.9 Å². The van der Waals surface area contributed by atoms with Gasteiger partial charge in [-0.3, -0.25) is 0 Å². The van der Waals surface area contributed by atoms with E-state index in [1.165, 1.54) is 241 Å². The van der Waals surface area contributed by atoms with Gasteiger partial charge in [0.15, 0.2) is 0 Å². The van der Waals surface area contributed by atoms with Crippen molar-refractivity contribution in [2.24, 2.45) is 0 Å². The third-order valence-electron chi connectivity index (χ3n) is 27.1. The van der Waals surface area contributed by atoms with Gasteiger partial charge in [-0.25, -0.2) is 0 Å². The normalized spacial score (nSPS) is 11.8. The second-order valence-electron chi connectivity index (χ2n) is 34.0. The SMILES string of the molecule is c1ccc(-n2c3ccccc3c3c(-c4cccc5c4c4ccccc4n5-c4ccc5ccccc5c4)cccc32)cc1.c1ccc(-n2c3ccccc3c3c(-c4cccc5c4c4ccccc4n5-c4cccc5ccccc45)cccc32)cc1.c1ccc2c(-n3c4ccccc4c4c(-c5cccc6c5c5ccccc5n6-c5cccc6ccccc56)cccc43)cccc2c1. The van der Waals surface area contributed by atoms with Crippen LogP contribution in [-0.2, 0) is 0 Å². The Morgan fingerprint density at radius 3 is 0.600 bits per heavy atom. The van der Waals surface area contributed by atoms with Crippen LogP contribution in [0.2, 0.25) is 0 Å². The summed E-state index contributed by atoms with van der Waals surface area (Å²) >= 11 is 0. The maximum atomic E-state index is 2.45. The van der Waals surface area contributed by atoms with Gasteiger partial charge < -0.3 is 27.4 Å². The summed E-state index contributed by atoms with van der Waals surface area (Å²) in [7, 11) is 0. The van der Waals surface area contributed by atoms with E-state index in [1.807, 2.05) is 0 Å². The second-order valence-corrected chi connectivity index (χ2v) is 34.0. The molecule has 28 aromatic rings. The number of rotatable bonds is 9. The van der Waals surface area contributed by atoms with Crippen molar-refractivity contribution >= 4 is 174 Å². The molecule has 0 saturated heterocycles. The molecule has 0 saturated carbocycles. The number of nitrogens with zero attached hydrogens (tertiary/aromatic N) is 6. The maximum Gasteiger partial charge on any atom is 0.0547 e. The van der Waals surface area contributed by atoms with E-state index in [0.717, 1.165) is 0 Å².